The molecular weight excluding hydrogens is 428 g/mol. The molecule has 32 heavy (non-hydrogen) atoms. The van der Waals surface area contributed by atoms with Crippen molar-refractivity contribution in [1.29, 1.82) is 0 Å². The molecule has 2 heterocycles. The number of aromatic nitrogens is 3. The van der Waals surface area contributed by atoms with E-state index in [9.17, 15) is 14.7 Å². The van der Waals surface area contributed by atoms with Gasteiger partial charge in [0.2, 0.25) is 0 Å². The molecule has 1 unspecified atom stereocenters. The summed E-state index contributed by atoms with van der Waals surface area (Å²) in [5.74, 6) is -0.182. The number of carbonyl (C=O) groups excluding carboxylic acids is 1. The average molecular weight is 451 g/mol. The molecule has 1 atom stereocenters. The molecule has 0 fully saturated rings. The van der Waals surface area contributed by atoms with E-state index in [1.807, 2.05) is 18.2 Å². The van der Waals surface area contributed by atoms with Crippen LogP contribution in [0.2, 0.25) is 5.15 Å². The van der Waals surface area contributed by atoms with Crippen molar-refractivity contribution in [3.63, 3.8) is 0 Å². The smallest absolute Gasteiger partial charge is 0.258 e. The maximum Gasteiger partial charge on any atom is 0.258 e. The third kappa shape index (κ3) is 4.30. The van der Waals surface area contributed by atoms with Gasteiger partial charge >= 0.3 is 0 Å². The van der Waals surface area contributed by atoms with Gasteiger partial charge in [-0.15, -0.1) is 0 Å². The molecule has 4 aromatic rings. The number of fused-ring (bicyclic) bond motifs is 1. The third-order valence-corrected chi connectivity index (χ3v) is 5.64. The number of carbonyl (C=O) groups is 1. The number of nitrogens with one attached hydrogen (secondary N) is 2. The number of hydrogen-bond donors (Lipinski definition) is 3. The largest absolute Gasteiger partial charge is 0.393 e. The highest BCUT2D eigenvalue weighted by Gasteiger charge is 2.14. The highest BCUT2D eigenvalue weighted by molar-refractivity contribution is 6.32. The van der Waals surface area contributed by atoms with Crippen molar-refractivity contribution in [2.45, 2.75) is 26.0 Å². The zero-order chi connectivity index (χ0) is 22.8. The van der Waals surface area contributed by atoms with E-state index in [0.29, 0.717) is 29.1 Å². The zero-order valence-corrected chi connectivity index (χ0v) is 18.5. The highest BCUT2D eigenvalue weighted by Crippen LogP contribution is 2.29. The Labute approximate surface area is 189 Å². The minimum absolute atomic E-state index is 0.149. The van der Waals surface area contributed by atoms with Crippen LogP contribution in [0.5, 0.6) is 0 Å². The summed E-state index contributed by atoms with van der Waals surface area (Å²) in [6.45, 7) is 2.02. The van der Waals surface area contributed by atoms with Crippen LogP contribution in [0.4, 0.5) is 0 Å². The standard InChI is InChI=1S/C24H23ClN4O3/c1-14(30)8-18-13-29(12-15-4-3-5-17(9-15)23(31)26-2)24(32)19-7-6-16(10-20(18)19)21-11-27-28-22(21)25/h3-7,9-11,13-14,30H,8,12H2,1-2H3,(H,26,31)(H,27,28). The van der Waals surface area contributed by atoms with Crippen LogP contribution >= 0.6 is 11.6 Å². The van der Waals surface area contributed by atoms with E-state index in [1.54, 1.807) is 55.2 Å². The maximum absolute atomic E-state index is 13.3. The predicted molar refractivity (Wildman–Crippen MR) is 125 cm³/mol. The molecule has 2 aromatic carbocycles. The van der Waals surface area contributed by atoms with Gasteiger partial charge in [-0.3, -0.25) is 14.7 Å². The van der Waals surface area contributed by atoms with E-state index >= 15 is 0 Å². The summed E-state index contributed by atoms with van der Waals surface area (Å²) >= 11 is 6.19. The zero-order valence-electron chi connectivity index (χ0n) is 17.7. The van der Waals surface area contributed by atoms with Crippen LogP contribution in [0.25, 0.3) is 21.9 Å². The number of rotatable bonds is 6. The Balaban J connectivity index is 1.82. The molecule has 7 nitrogen and oxygen atoms in total. The monoisotopic (exact) mass is 450 g/mol. The van der Waals surface area contributed by atoms with Crippen molar-refractivity contribution in [1.82, 2.24) is 20.1 Å². The van der Waals surface area contributed by atoms with E-state index in [0.717, 1.165) is 27.6 Å². The number of pyridine rings is 1. The summed E-state index contributed by atoms with van der Waals surface area (Å²) in [5.41, 5.74) is 3.63. The van der Waals surface area contributed by atoms with Gasteiger partial charge in [-0.05, 0) is 53.3 Å². The van der Waals surface area contributed by atoms with Crippen molar-refractivity contribution in [2.24, 2.45) is 0 Å². The molecule has 0 bridgehead atoms. The molecule has 0 radical (unpaired) electrons. The third-order valence-electron chi connectivity index (χ3n) is 5.36. The molecule has 0 saturated heterocycles. The second-order valence-electron chi connectivity index (χ2n) is 7.78. The number of H-pyrrole nitrogens is 1. The first-order chi connectivity index (χ1) is 15.4. The molecular formula is C24H23ClN4O3. The Morgan fingerprint density at radius 2 is 2.06 bits per heavy atom. The lowest BCUT2D eigenvalue weighted by atomic mass is 9.98. The van der Waals surface area contributed by atoms with Gasteiger partial charge in [0.05, 0.1) is 18.8 Å². The summed E-state index contributed by atoms with van der Waals surface area (Å²) in [5, 5.41) is 21.1. The van der Waals surface area contributed by atoms with Crippen molar-refractivity contribution in [3.05, 3.63) is 87.1 Å². The van der Waals surface area contributed by atoms with Crippen molar-refractivity contribution in [2.75, 3.05) is 7.05 Å². The number of amides is 1. The van der Waals surface area contributed by atoms with Crippen LogP contribution in [0.3, 0.4) is 0 Å². The summed E-state index contributed by atoms with van der Waals surface area (Å²) in [4.78, 5) is 25.3. The number of aromatic amines is 1. The molecule has 0 aliphatic heterocycles. The number of aliphatic hydroxyl groups is 1. The number of halogens is 1. The van der Waals surface area contributed by atoms with Crippen LogP contribution in [-0.2, 0) is 13.0 Å². The minimum atomic E-state index is -0.582. The van der Waals surface area contributed by atoms with Gasteiger partial charge in [-0.25, -0.2) is 0 Å². The van der Waals surface area contributed by atoms with Crippen LogP contribution < -0.4 is 10.9 Å². The van der Waals surface area contributed by atoms with E-state index in [4.69, 9.17) is 11.6 Å². The second-order valence-corrected chi connectivity index (χ2v) is 8.16. The van der Waals surface area contributed by atoms with Gasteiger partial charge in [-0.1, -0.05) is 29.8 Å². The highest BCUT2D eigenvalue weighted by atomic mass is 35.5. The molecule has 0 spiro atoms. The molecule has 3 N–H and O–H groups in total. The van der Waals surface area contributed by atoms with E-state index in [-0.39, 0.29) is 11.5 Å². The summed E-state index contributed by atoms with van der Waals surface area (Å²) < 4.78 is 1.62. The van der Waals surface area contributed by atoms with Crippen molar-refractivity contribution >= 4 is 28.3 Å². The number of aliphatic hydroxyl groups excluding tert-OH is 1. The molecule has 1 amide bonds. The molecule has 2 aromatic heterocycles. The lowest BCUT2D eigenvalue weighted by Gasteiger charge is -2.15. The Morgan fingerprint density at radius 1 is 1.25 bits per heavy atom. The Hall–Kier alpha value is -3.42. The lowest BCUT2D eigenvalue weighted by Crippen LogP contribution is -2.23. The molecule has 0 aliphatic rings. The van der Waals surface area contributed by atoms with Crippen molar-refractivity contribution < 1.29 is 9.90 Å². The summed E-state index contributed by atoms with van der Waals surface area (Å²) in [6, 6.07) is 12.7. The predicted octanol–water partition coefficient (Wildman–Crippen LogP) is 3.38. The van der Waals surface area contributed by atoms with E-state index in [1.165, 1.54) is 0 Å². The van der Waals surface area contributed by atoms with E-state index < -0.39 is 6.10 Å². The first-order valence-corrected chi connectivity index (χ1v) is 10.6. The molecule has 0 saturated carbocycles. The Morgan fingerprint density at radius 3 is 2.75 bits per heavy atom. The topological polar surface area (TPSA) is 100 Å². The molecule has 164 valence electrons. The normalized spacial score (nSPS) is 12.1. The fraction of sp³-hybridized carbons (Fsp3) is 0.208. The average Bonchev–Trinajstić information content (AvgIpc) is 3.21. The Kier molecular flexibility index (Phi) is 6.12. The fourth-order valence-corrected chi connectivity index (χ4v) is 4.06. The molecule has 8 heteroatoms. The van der Waals surface area contributed by atoms with Crippen LogP contribution in [0, 0.1) is 0 Å². The number of hydrogen-bond acceptors (Lipinski definition) is 4. The summed E-state index contributed by atoms with van der Waals surface area (Å²) in [7, 11) is 1.58. The van der Waals surface area contributed by atoms with Crippen LogP contribution in [0.15, 0.2) is 59.7 Å². The maximum atomic E-state index is 13.3. The van der Waals surface area contributed by atoms with Gasteiger partial charge in [0.15, 0.2) is 0 Å². The molecule has 0 aliphatic carbocycles. The van der Waals surface area contributed by atoms with Gasteiger partial charge in [0.25, 0.3) is 11.5 Å². The number of nitrogens with zero attached hydrogens (tertiary/aromatic N) is 2. The first kappa shape index (κ1) is 21.8. The van der Waals surface area contributed by atoms with Gasteiger partial charge < -0.3 is 15.0 Å². The van der Waals surface area contributed by atoms with Crippen LogP contribution in [0.1, 0.15) is 28.4 Å². The first-order valence-electron chi connectivity index (χ1n) is 10.2. The van der Waals surface area contributed by atoms with Gasteiger partial charge in [0.1, 0.15) is 5.15 Å². The van der Waals surface area contributed by atoms with E-state index in [2.05, 4.69) is 15.5 Å². The van der Waals surface area contributed by atoms with Gasteiger partial charge in [0, 0.05) is 36.2 Å². The quantitative estimate of drug-likeness (QED) is 0.419. The number of benzene rings is 2. The summed E-state index contributed by atoms with van der Waals surface area (Å²) in [6.07, 6.45) is 3.22. The van der Waals surface area contributed by atoms with Crippen LogP contribution in [-0.4, -0.2) is 38.9 Å². The lowest BCUT2D eigenvalue weighted by molar-refractivity contribution is 0.0963. The second kappa shape index (κ2) is 8.98. The fourth-order valence-electron chi connectivity index (χ4n) is 3.86. The Bertz CT molecular complexity index is 1360. The SMILES string of the molecule is CNC(=O)c1cccc(Cn2cc(CC(C)O)c3cc(-c4cn[nH]c4Cl)ccc3c2=O)c1. The molecule has 4 rings (SSSR count). The van der Waals surface area contributed by atoms with Crippen molar-refractivity contribution in [3.8, 4) is 11.1 Å². The van der Waals surface area contributed by atoms with Gasteiger partial charge in [-0.2, -0.15) is 5.10 Å². The minimum Gasteiger partial charge on any atom is -0.393 e.